The van der Waals surface area contributed by atoms with Gasteiger partial charge in [-0.3, -0.25) is 20.2 Å². The number of benzene rings is 2. The second-order valence-corrected chi connectivity index (χ2v) is 10.0. The molecule has 2 aromatic rings. The van der Waals surface area contributed by atoms with E-state index < -0.39 is 11.1 Å². The van der Waals surface area contributed by atoms with Gasteiger partial charge in [0.25, 0.3) is 0 Å². The van der Waals surface area contributed by atoms with Gasteiger partial charge in [-0.05, 0) is 50.7 Å². The third-order valence-corrected chi connectivity index (χ3v) is 7.16. The van der Waals surface area contributed by atoms with Crippen LogP contribution in [0.4, 0.5) is 0 Å². The van der Waals surface area contributed by atoms with Crippen LogP contribution >= 0.6 is 0 Å². The van der Waals surface area contributed by atoms with Crippen LogP contribution in [0.25, 0.3) is 0 Å². The Balaban J connectivity index is 0.000000196. The average molecular weight is 479 g/mol. The van der Waals surface area contributed by atoms with Crippen LogP contribution in [-0.2, 0) is 25.4 Å². The second-order valence-electron chi connectivity index (χ2n) is 10.0. The zero-order valence-corrected chi connectivity index (χ0v) is 21.6. The van der Waals surface area contributed by atoms with E-state index in [1.54, 1.807) is 7.11 Å². The highest BCUT2D eigenvalue weighted by molar-refractivity contribution is 5.91. The van der Waals surface area contributed by atoms with Gasteiger partial charge in [0.15, 0.2) is 11.6 Å². The lowest BCUT2D eigenvalue weighted by molar-refractivity contribution is -0.129. The Morgan fingerprint density at radius 2 is 1.26 bits per heavy atom. The molecule has 2 atom stereocenters. The Kier molecular flexibility index (Phi) is 10.2. The van der Waals surface area contributed by atoms with Crippen molar-refractivity contribution in [1.82, 2.24) is 10.6 Å². The van der Waals surface area contributed by atoms with E-state index in [1.165, 1.54) is 0 Å². The molecule has 0 heterocycles. The maximum absolute atomic E-state index is 12.4. The van der Waals surface area contributed by atoms with E-state index in [-0.39, 0.29) is 0 Å². The van der Waals surface area contributed by atoms with Crippen LogP contribution in [0.15, 0.2) is 60.7 Å². The predicted octanol–water partition coefficient (Wildman–Crippen LogP) is 5.28. The fourth-order valence-corrected chi connectivity index (χ4v) is 5.50. The number of methoxy groups -OCH3 is 1. The third kappa shape index (κ3) is 6.66. The summed E-state index contributed by atoms with van der Waals surface area (Å²) in [5, 5.41) is 6.94. The van der Waals surface area contributed by atoms with Crippen molar-refractivity contribution in [1.29, 1.82) is 0 Å². The van der Waals surface area contributed by atoms with Gasteiger partial charge in [0, 0.05) is 32.5 Å². The summed E-state index contributed by atoms with van der Waals surface area (Å²) in [6.07, 6.45) is 7.46. The average Bonchev–Trinajstić information content (AvgIpc) is 2.88. The van der Waals surface area contributed by atoms with Gasteiger partial charge in [-0.15, -0.1) is 0 Å². The van der Waals surface area contributed by atoms with Crippen LogP contribution in [-0.4, -0.2) is 37.9 Å². The molecule has 0 saturated heterocycles. The van der Waals surface area contributed by atoms with E-state index in [0.717, 1.165) is 49.7 Å². The maximum atomic E-state index is 12.4. The van der Waals surface area contributed by atoms with Crippen molar-refractivity contribution in [3.05, 3.63) is 71.8 Å². The molecule has 190 valence electrons. The van der Waals surface area contributed by atoms with Crippen LogP contribution in [0.3, 0.4) is 0 Å². The van der Waals surface area contributed by atoms with E-state index in [2.05, 4.69) is 36.6 Å². The number of carbonyl (C=O) groups excluding carboxylic acids is 2. The van der Waals surface area contributed by atoms with Crippen molar-refractivity contribution in [2.24, 2.45) is 0 Å². The maximum Gasteiger partial charge on any atom is 0.157 e. The van der Waals surface area contributed by atoms with Crippen LogP contribution in [0.1, 0.15) is 76.3 Å². The molecule has 0 aliphatic heterocycles. The minimum absolute atomic E-state index is 0.316. The van der Waals surface area contributed by atoms with E-state index in [4.69, 9.17) is 4.74 Å². The van der Waals surface area contributed by atoms with E-state index >= 15 is 0 Å². The first-order valence-corrected chi connectivity index (χ1v) is 13.1. The second kappa shape index (κ2) is 13.1. The van der Waals surface area contributed by atoms with Crippen molar-refractivity contribution < 1.29 is 14.3 Å². The largest absolute Gasteiger partial charge is 0.383 e. The quantitative estimate of drug-likeness (QED) is 0.505. The zero-order chi connectivity index (χ0) is 25.2. The molecule has 0 radical (unpaired) electrons. The molecule has 2 unspecified atom stereocenters. The summed E-state index contributed by atoms with van der Waals surface area (Å²) in [7, 11) is 1.68. The molecular weight excluding hydrogens is 436 g/mol. The van der Waals surface area contributed by atoms with Crippen LogP contribution < -0.4 is 10.6 Å². The number of ketones is 2. The first kappa shape index (κ1) is 27.3. The Morgan fingerprint density at radius 1 is 0.771 bits per heavy atom. The summed E-state index contributed by atoms with van der Waals surface area (Å²) in [5.41, 5.74) is 1.29. The van der Waals surface area contributed by atoms with Gasteiger partial charge >= 0.3 is 0 Å². The normalized spacial score (nSPS) is 24.7. The summed E-state index contributed by atoms with van der Waals surface area (Å²) in [5.74, 6) is 0.666. The van der Waals surface area contributed by atoms with Crippen LogP contribution in [0.2, 0.25) is 0 Å². The Morgan fingerprint density at radius 3 is 1.71 bits per heavy atom. The van der Waals surface area contributed by atoms with Crippen molar-refractivity contribution in [2.75, 3.05) is 20.3 Å². The summed E-state index contributed by atoms with van der Waals surface area (Å²) in [6, 6.07) is 20.6. The summed E-state index contributed by atoms with van der Waals surface area (Å²) in [6.45, 7) is 5.54. The molecule has 2 aliphatic rings. The van der Waals surface area contributed by atoms with E-state index in [9.17, 15) is 9.59 Å². The van der Waals surface area contributed by atoms with Crippen molar-refractivity contribution in [3.8, 4) is 0 Å². The molecule has 2 aromatic carbocycles. The number of nitrogens with one attached hydrogen (secondary N) is 2. The van der Waals surface area contributed by atoms with Gasteiger partial charge in [-0.2, -0.15) is 0 Å². The predicted molar refractivity (Wildman–Crippen MR) is 141 cm³/mol. The van der Waals surface area contributed by atoms with Crippen molar-refractivity contribution in [3.63, 3.8) is 0 Å². The molecule has 4 rings (SSSR count). The van der Waals surface area contributed by atoms with Gasteiger partial charge < -0.3 is 4.74 Å². The third-order valence-electron chi connectivity index (χ3n) is 7.16. The molecule has 0 spiro atoms. The van der Waals surface area contributed by atoms with Gasteiger partial charge in [0.1, 0.15) is 11.1 Å². The van der Waals surface area contributed by atoms with Crippen LogP contribution in [0, 0.1) is 0 Å². The zero-order valence-electron chi connectivity index (χ0n) is 21.6. The molecule has 2 aliphatic carbocycles. The highest BCUT2D eigenvalue weighted by Crippen LogP contribution is 2.35. The molecule has 5 nitrogen and oxygen atoms in total. The fourth-order valence-electron chi connectivity index (χ4n) is 5.50. The van der Waals surface area contributed by atoms with Crippen LogP contribution in [0.5, 0.6) is 0 Å². The van der Waals surface area contributed by atoms with Gasteiger partial charge in [0.05, 0.1) is 6.61 Å². The lowest BCUT2D eigenvalue weighted by Crippen LogP contribution is -2.53. The van der Waals surface area contributed by atoms with E-state index in [0.29, 0.717) is 43.6 Å². The van der Waals surface area contributed by atoms with E-state index in [1.807, 2.05) is 48.5 Å². The Labute approximate surface area is 211 Å². The lowest BCUT2D eigenvalue weighted by atomic mass is 9.75. The molecule has 35 heavy (non-hydrogen) atoms. The minimum atomic E-state index is -0.488. The number of hydrogen-bond acceptors (Lipinski definition) is 5. The summed E-state index contributed by atoms with van der Waals surface area (Å²) in [4.78, 5) is 24.8. The molecule has 0 amide bonds. The Hall–Kier alpha value is -2.34. The van der Waals surface area contributed by atoms with Crippen molar-refractivity contribution in [2.45, 2.75) is 82.3 Å². The van der Waals surface area contributed by atoms with Crippen molar-refractivity contribution >= 4 is 11.6 Å². The lowest BCUT2D eigenvalue weighted by Gasteiger charge is -2.38. The Bertz CT molecular complexity index is 931. The van der Waals surface area contributed by atoms with Gasteiger partial charge in [-0.25, -0.2) is 0 Å². The summed E-state index contributed by atoms with van der Waals surface area (Å²) < 4.78 is 5.08. The molecule has 5 heteroatoms. The molecular formula is C30H42N2O3. The molecule has 2 fully saturated rings. The number of rotatable bonds is 8. The number of carbonyl (C=O) groups is 2. The van der Waals surface area contributed by atoms with Gasteiger partial charge in [-0.1, -0.05) is 73.5 Å². The molecule has 0 aromatic heterocycles. The molecule has 2 saturated carbocycles. The van der Waals surface area contributed by atoms with Gasteiger partial charge in [0.2, 0.25) is 0 Å². The standard InChI is InChI=1S/C15H21NO2.C15H21NO/c1-18-12-11-16-15(10-6-5-9-14(15)17)13-7-3-2-4-8-13;1-12(2)16-15(11-7-6-10-14(15)17)13-8-4-3-5-9-13/h2-4,7-8,16H,5-6,9-12H2,1H3;3-5,8-9,12,16H,6-7,10-11H2,1-2H3. The fraction of sp³-hybridized carbons (Fsp3) is 0.533. The smallest absolute Gasteiger partial charge is 0.157 e. The minimum Gasteiger partial charge on any atom is -0.383 e. The molecule has 2 N–H and O–H groups in total. The molecule has 0 bridgehead atoms. The SMILES string of the molecule is CC(C)NC1(c2ccccc2)CCCCC1=O.COCCNC1(c2ccccc2)CCCCC1=O. The number of hydrogen-bond donors (Lipinski definition) is 2. The first-order valence-electron chi connectivity index (χ1n) is 13.1. The number of Topliss-reactive ketones (excluding diaryl/α,β-unsaturated/α-hetero) is 2. The topological polar surface area (TPSA) is 67.4 Å². The first-order chi connectivity index (χ1) is 16.9. The summed E-state index contributed by atoms with van der Waals surface area (Å²) >= 11 is 0. The number of ether oxygens (including phenoxy) is 1. The highest BCUT2D eigenvalue weighted by Gasteiger charge is 2.42. The highest BCUT2D eigenvalue weighted by atomic mass is 16.5. The monoisotopic (exact) mass is 478 g/mol.